The van der Waals surface area contributed by atoms with Gasteiger partial charge in [0, 0.05) is 18.5 Å². The van der Waals surface area contributed by atoms with Gasteiger partial charge in [0.2, 0.25) is 0 Å². The van der Waals surface area contributed by atoms with Gasteiger partial charge < -0.3 is 14.8 Å². The van der Waals surface area contributed by atoms with Gasteiger partial charge in [-0.2, -0.15) is 0 Å². The second-order valence-corrected chi connectivity index (χ2v) is 6.22. The minimum absolute atomic E-state index is 0.00501. The van der Waals surface area contributed by atoms with E-state index < -0.39 is 0 Å². The molecule has 4 rings (SSSR count). The van der Waals surface area contributed by atoms with Gasteiger partial charge in [-0.05, 0) is 37.1 Å². The quantitative estimate of drug-likeness (QED) is 0.942. The molecule has 0 saturated carbocycles. The van der Waals surface area contributed by atoms with Crippen LogP contribution in [0.4, 0.5) is 0 Å². The predicted octanol–water partition coefficient (Wildman–Crippen LogP) is 3.32. The molecule has 1 spiro atoms. The summed E-state index contributed by atoms with van der Waals surface area (Å²) >= 11 is 0. The van der Waals surface area contributed by atoms with E-state index in [2.05, 4.69) is 29.6 Å². The van der Waals surface area contributed by atoms with Crippen molar-refractivity contribution in [2.75, 3.05) is 13.1 Å². The first-order chi connectivity index (χ1) is 10.8. The Balaban J connectivity index is 1.53. The summed E-state index contributed by atoms with van der Waals surface area (Å²) in [4.78, 5) is 0. The molecule has 0 radical (unpaired) electrons. The third kappa shape index (κ3) is 2.57. The number of rotatable bonds is 3. The molecule has 2 heterocycles. The topological polar surface area (TPSA) is 30.5 Å². The normalized spacial score (nSPS) is 23.1. The van der Waals surface area contributed by atoms with E-state index in [1.165, 1.54) is 11.1 Å². The highest BCUT2D eigenvalue weighted by molar-refractivity contribution is 5.47. The van der Waals surface area contributed by atoms with Crippen LogP contribution in [0.15, 0.2) is 48.5 Å². The van der Waals surface area contributed by atoms with E-state index in [4.69, 9.17) is 9.47 Å². The molecule has 1 unspecified atom stereocenters. The summed E-state index contributed by atoms with van der Waals surface area (Å²) in [5, 5.41) is 3.42. The molecule has 0 aliphatic carbocycles. The van der Waals surface area contributed by atoms with E-state index in [1.807, 2.05) is 24.3 Å². The number of benzene rings is 2. The fourth-order valence-corrected chi connectivity index (χ4v) is 3.42. The molecule has 3 heteroatoms. The zero-order chi connectivity index (χ0) is 14.8. The highest BCUT2D eigenvalue weighted by atomic mass is 16.5. The second kappa shape index (κ2) is 5.65. The van der Waals surface area contributed by atoms with Crippen molar-refractivity contribution in [3.05, 3.63) is 59.7 Å². The maximum atomic E-state index is 6.33. The summed E-state index contributed by atoms with van der Waals surface area (Å²) in [6.45, 7) is 2.62. The second-order valence-electron chi connectivity index (χ2n) is 6.22. The van der Waals surface area contributed by atoms with E-state index in [0.717, 1.165) is 43.9 Å². The first-order valence-electron chi connectivity index (χ1n) is 8.03. The van der Waals surface area contributed by atoms with E-state index in [-0.39, 0.29) is 5.60 Å². The van der Waals surface area contributed by atoms with Crippen molar-refractivity contribution in [1.82, 2.24) is 5.32 Å². The van der Waals surface area contributed by atoms with Crippen molar-refractivity contribution in [3.63, 3.8) is 0 Å². The summed E-state index contributed by atoms with van der Waals surface area (Å²) < 4.78 is 12.4. The van der Waals surface area contributed by atoms with Gasteiger partial charge >= 0.3 is 0 Å². The molecule has 22 heavy (non-hydrogen) atoms. The molecule has 1 atom stereocenters. The summed E-state index contributed by atoms with van der Waals surface area (Å²) in [5.41, 5.74) is 2.41. The molecule has 0 amide bonds. The first-order valence-corrected chi connectivity index (χ1v) is 8.03. The molecule has 2 aliphatic heterocycles. The zero-order valence-corrected chi connectivity index (χ0v) is 12.7. The lowest BCUT2D eigenvalue weighted by atomic mass is 9.90. The molecule has 2 aromatic carbocycles. The molecule has 1 N–H and O–H groups in total. The van der Waals surface area contributed by atoms with Crippen LogP contribution in [0, 0.1) is 0 Å². The molecule has 0 bridgehead atoms. The smallest absolute Gasteiger partial charge is 0.127 e. The fourth-order valence-electron chi connectivity index (χ4n) is 3.42. The monoisotopic (exact) mass is 295 g/mol. The molecule has 2 aliphatic rings. The highest BCUT2D eigenvalue weighted by Gasteiger charge is 2.39. The van der Waals surface area contributed by atoms with Crippen molar-refractivity contribution in [2.24, 2.45) is 0 Å². The van der Waals surface area contributed by atoms with E-state index >= 15 is 0 Å². The molecule has 114 valence electrons. The SMILES string of the molecule is c1ccc(COc2cccc3c2CCC2(CCNC2)O3)cc1. The minimum Gasteiger partial charge on any atom is -0.488 e. The number of nitrogens with one attached hydrogen (secondary N) is 1. The van der Waals surface area contributed by atoms with E-state index in [9.17, 15) is 0 Å². The summed E-state index contributed by atoms with van der Waals surface area (Å²) in [7, 11) is 0. The average molecular weight is 295 g/mol. The van der Waals surface area contributed by atoms with Crippen LogP contribution in [0.3, 0.4) is 0 Å². The van der Waals surface area contributed by atoms with E-state index in [0.29, 0.717) is 6.61 Å². The Hall–Kier alpha value is -2.00. The van der Waals surface area contributed by atoms with Gasteiger partial charge in [0.15, 0.2) is 0 Å². The maximum absolute atomic E-state index is 6.33. The molecule has 1 saturated heterocycles. The van der Waals surface area contributed by atoms with Gasteiger partial charge in [-0.15, -0.1) is 0 Å². The molecule has 3 nitrogen and oxygen atoms in total. The van der Waals surface area contributed by atoms with Crippen molar-refractivity contribution in [1.29, 1.82) is 0 Å². The highest BCUT2D eigenvalue weighted by Crippen LogP contribution is 2.40. The van der Waals surface area contributed by atoms with Gasteiger partial charge in [-0.1, -0.05) is 36.4 Å². The fraction of sp³-hybridized carbons (Fsp3) is 0.368. The van der Waals surface area contributed by atoms with Gasteiger partial charge in [0.25, 0.3) is 0 Å². The number of hydrogen-bond donors (Lipinski definition) is 1. The lowest BCUT2D eigenvalue weighted by molar-refractivity contribution is 0.0651. The summed E-state index contributed by atoms with van der Waals surface area (Å²) in [5.74, 6) is 1.96. The third-order valence-electron chi connectivity index (χ3n) is 4.69. The van der Waals surface area contributed by atoms with Gasteiger partial charge in [0.1, 0.15) is 23.7 Å². The van der Waals surface area contributed by atoms with Gasteiger partial charge in [0.05, 0.1) is 0 Å². The Morgan fingerprint density at radius 2 is 1.95 bits per heavy atom. The number of ether oxygens (including phenoxy) is 2. The predicted molar refractivity (Wildman–Crippen MR) is 86.4 cm³/mol. The van der Waals surface area contributed by atoms with E-state index in [1.54, 1.807) is 0 Å². The van der Waals surface area contributed by atoms with Gasteiger partial charge in [-0.3, -0.25) is 0 Å². The first kappa shape index (κ1) is 13.6. The Morgan fingerprint density at radius 3 is 2.77 bits per heavy atom. The van der Waals surface area contributed by atoms with Crippen LogP contribution in [0.2, 0.25) is 0 Å². The molecule has 1 fully saturated rings. The average Bonchev–Trinajstić information content (AvgIpc) is 3.01. The summed E-state index contributed by atoms with van der Waals surface area (Å²) in [6.07, 6.45) is 3.20. The Labute approximate surface area is 131 Å². The third-order valence-corrected chi connectivity index (χ3v) is 4.69. The van der Waals surface area contributed by atoms with Crippen LogP contribution in [-0.2, 0) is 13.0 Å². The summed E-state index contributed by atoms with van der Waals surface area (Å²) in [6, 6.07) is 16.4. The van der Waals surface area contributed by atoms with Crippen molar-refractivity contribution >= 4 is 0 Å². The van der Waals surface area contributed by atoms with Crippen LogP contribution in [-0.4, -0.2) is 18.7 Å². The maximum Gasteiger partial charge on any atom is 0.127 e. The Bertz CT molecular complexity index is 648. The lowest BCUT2D eigenvalue weighted by Gasteiger charge is -2.35. The Kier molecular flexibility index (Phi) is 3.51. The lowest BCUT2D eigenvalue weighted by Crippen LogP contribution is -2.41. The zero-order valence-electron chi connectivity index (χ0n) is 12.7. The molecular weight excluding hydrogens is 274 g/mol. The van der Waals surface area contributed by atoms with Crippen LogP contribution >= 0.6 is 0 Å². The van der Waals surface area contributed by atoms with Gasteiger partial charge in [-0.25, -0.2) is 0 Å². The molecule has 0 aromatic heterocycles. The van der Waals surface area contributed by atoms with Crippen LogP contribution < -0.4 is 14.8 Å². The van der Waals surface area contributed by atoms with Crippen LogP contribution in [0.25, 0.3) is 0 Å². The van der Waals surface area contributed by atoms with Crippen molar-refractivity contribution < 1.29 is 9.47 Å². The van der Waals surface area contributed by atoms with Crippen molar-refractivity contribution in [3.8, 4) is 11.5 Å². The number of hydrogen-bond acceptors (Lipinski definition) is 3. The largest absolute Gasteiger partial charge is 0.488 e. The minimum atomic E-state index is 0.00501. The van der Waals surface area contributed by atoms with Crippen molar-refractivity contribution in [2.45, 2.75) is 31.5 Å². The molecular formula is C19H21NO2. The van der Waals surface area contributed by atoms with Crippen LogP contribution in [0.5, 0.6) is 11.5 Å². The standard InChI is InChI=1S/C19H21NO2/c1-2-5-15(6-3-1)13-21-17-7-4-8-18-16(17)9-10-19(22-18)11-12-20-14-19/h1-8,20H,9-14H2. The molecule has 2 aromatic rings. The number of fused-ring (bicyclic) bond motifs is 1. The van der Waals surface area contributed by atoms with Crippen LogP contribution in [0.1, 0.15) is 24.0 Å². The Morgan fingerprint density at radius 1 is 1.05 bits per heavy atom.